The molecule has 1 aliphatic rings. The Morgan fingerprint density at radius 1 is 1.06 bits per heavy atom. The van der Waals surface area contributed by atoms with E-state index in [1.807, 2.05) is 24.3 Å². The van der Waals surface area contributed by atoms with Crippen molar-refractivity contribution in [3.63, 3.8) is 0 Å². The molecular weight excluding hydrogens is 416 g/mol. The average Bonchev–Trinajstić information content (AvgIpc) is 3.41. The number of Topliss-reactive ketones (excluding diaryl/α,β-unsaturated/α-hetero) is 1. The van der Waals surface area contributed by atoms with Crippen LogP contribution in [0.4, 0.5) is 0 Å². The zero-order valence-electron chi connectivity index (χ0n) is 17.4. The summed E-state index contributed by atoms with van der Waals surface area (Å²) in [6.45, 7) is 4.28. The molecule has 1 saturated heterocycles. The monoisotopic (exact) mass is 440 g/mol. The molecule has 0 bridgehead atoms. The van der Waals surface area contributed by atoms with Crippen LogP contribution in [0.25, 0.3) is 10.9 Å². The van der Waals surface area contributed by atoms with E-state index in [1.54, 1.807) is 6.92 Å². The van der Waals surface area contributed by atoms with Crippen LogP contribution >= 0.6 is 0 Å². The highest BCUT2D eigenvalue weighted by Crippen LogP contribution is 2.25. The molecule has 0 radical (unpaired) electrons. The van der Waals surface area contributed by atoms with Crippen molar-refractivity contribution in [2.45, 2.75) is 37.7 Å². The van der Waals surface area contributed by atoms with Gasteiger partial charge >= 0.3 is 5.97 Å². The second-order valence-corrected chi connectivity index (χ2v) is 9.66. The van der Waals surface area contributed by atoms with E-state index in [2.05, 4.69) is 4.98 Å². The molecule has 0 aliphatic carbocycles. The largest absolute Gasteiger partial charge is 0.451 e. The number of rotatable bonds is 6. The fourth-order valence-corrected chi connectivity index (χ4v) is 5.50. The normalized spacial score (nSPS) is 15.8. The lowest BCUT2D eigenvalue weighted by molar-refractivity contribution is 0.0319. The number of aromatic amines is 1. The maximum atomic E-state index is 13.0. The topological polar surface area (TPSA) is 96.5 Å². The number of nitrogens with zero attached hydrogens (tertiary/aromatic N) is 1. The van der Waals surface area contributed by atoms with Crippen LogP contribution in [0, 0.1) is 6.92 Å². The molecule has 1 N–H and O–H groups in total. The molecule has 2 heterocycles. The van der Waals surface area contributed by atoms with Gasteiger partial charge in [-0.2, -0.15) is 4.31 Å². The molecule has 1 aromatic heterocycles. The lowest BCUT2D eigenvalue weighted by Crippen LogP contribution is -2.28. The smallest absolute Gasteiger partial charge is 0.338 e. The summed E-state index contributed by atoms with van der Waals surface area (Å²) in [6, 6.07) is 13.2. The molecule has 1 atom stereocenters. The number of aryl methyl sites for hydroxylation is 1. The number of carbonyl (C=O) groups excluding carboxylic acids is 2. The molecule has 8 heteroatoms. The van der Waals surface area contributed by atoms with Gasteiger partial charge in [0.05, 0.1) is 10.5 Å². The number of hydrogen-bond donors (Lipinski definition) is 1. The highest BCUT2D eigenvalue weighted by molar-refractivity contribution is 7.89. The first-order valence-electron chi connectivity index (χ1n) is 10.2. The van der Waals surface area contributed by atoms with Crippen molar-refractivity contribution in [2.24, 2.45) is 0 Å². The van der Waals surface area contributed by atoms with E-state index in [4.69, 9.17) is 4.74 Å². The van der Waals surface area contributed by atoms with E-state index in [1.165, 1.54) is 35.5 Å². The van der Waals surface area contributed by atoms with Gasteiger partial charge in [-0.25, -0.2) is 13.2 Å². The molecule has 7 nitrogen and oxygen atoms in total. The van der Waals surface area contributed by atoms with Gasteiger partial charge in [0.1, 0.15) is 0 Å². The van der Waals surface area contributed by atoms with Crippen LogP contribution < -0.4 is 0 Å². The summed E-state index contributed by atoms with van der Waals surface area (Å²) in [5.41, 5.74) is 2.12. The summed E-state index contributed by atoms with van der Waals surface area (Å²) >= 11 is 0. The lowest BCUT2D eigenvalue weighted by Gasteiger charge is -2.16. The Balaban J connectivity index is 1.54. The van der Waals surface area contributed by atoms with Crippen molar-refractivity contribution in [1.82, 2.24) is 9.29 Å². The SMILES string of the molecule is Cc1[nH]c2ccccc2c1C(=O)[C@H](C)OC(=O)c1cccc(S(=O)(=O)N2CCCC2)c1. The average molecular weight is 441 g/mol. The number of H-pyrrole nitrogens is 1. The highest BCUT2D eigenvalue weighted by atomic mass is 32.2. The van der Waals surface area contributed by atoms with Gasteiger partial charge in [0.15, 0.2) is 6.10 Å². The first kappa shape index (κ1) is 21.3. The molecule has 2 aromatic carbocycles. The molecule has 0 unspecified atom stereocenters. The molecule has 162 valence electrons. The number of fused-ring (bicyclic) bond motifs is 1. The van der Waals surface area contributed by atoms with Gasteiger partial charge < -0.3 is 9.72 Å². The second-order valence-electron chi connectivity index (χ2n) is 7.72. The quantitative estimate of drug-likeness (QED) is 0.466. The van der Waals surface area contributed by atoms with Crippen molar-refractivity contribution in [3.8, 4) is 0 Å². The molecule has 4 rings (SSSR count). The van der Waals surface area contributed by atoms with E-state index >= 15 is 0 Å². The van der Waals surface area contributed by atoms with Crippen molar-refractivity contribution >= 4 is 32.7 Å². The highest BCUT2D eigenvalue weighted by Gasteiger charge is 2.29. The number of sulfonamides is 1. The number of benzene rings is 2. The number of ether oxygens (including phenoxy) is 1. The molecule has 31 heavy (non-hydrogen) atoms. The fourth-order valence-electron chi connectivity index (χ4n) is 3.94. The minimum Gasteiger partial charge on any atom is -0.451 e. The number of ketones is 1. The Hall–Kier alpha value is -2.97. The molecule has 0 amide bonds. The van der Waals surface area contributed by atoms with Crippen molar-refractivity contribution in [2.75, 3.05) is 13.1 Å². The summed E-state index contributed by atoms with van der Waals surface area (Å²) in [5.74, 6) is -1.05. The molecular formula is C23H24N2O5S. The molecule has 0 spiro atoms. The van der Waals surface area contributed by atoms with Crippen molar-refractivity contribution in [3.05, 3.63) is 65.4 Å². The summed E-state index contributed by atoms with van der Waals surface area (Å²) in [6.07, 6.45) is 0.631. The number of esters is 1. The Labute approximate surface area is 181 Å². The van der Waals surface area contributed by atoms with Gasteiger partial charge in [0, 0.05) is 35.2 Å². The number of para-hydroxylation sites is 1. The van der Waals surface area contributed by atoms with E-state index in [0.717, 1.165) is 23.7 Å². The van der Waals surface area contributed by atoms with Crippen LogP contribution in [0.3, 0.4) is 0 Å². The van der Waals surface area contributed by atoms with Gasteiger partial charge in [0.2, 0.25) is 15.8 Å². The van der Waals surface area contributed by atoms with Crippen LogP contribution in [0.1, 0.15) is 46.2 Å². The van der Waals surface area contributed by atoms with Gasteiger partial charge in [-0.3, -0.25) is 4.79 Å². The van der Waals surface area contributed by atoms with Gasteiger partial charge in [0.25, 0.3) is 0 Å². The number of nitrogens with one attached hydrogen (secondary N) is 1. The Kier molecular flexibility index (Phi) is 5.68. The Morgan fingerprint density at radius 2 is 1.77 bits per heavy atom. The Morgan fingerprint density at radius 3 is 2.52 bits per heavy atom. The van der Waals surface area contributed by atoms with Gasteiger partial charge in [-0.15, -0.1) is 0 Å². The maximum absolute atomic E-state index is 13.0. The summed E-state index contributed by atoms with van der Waals surface area (Å²) in [5, 5.41) is 0.770. The van der Waals surface area contributed by atoms with Crippen molar-refractivity contribution < 1.29 is 22.7 Å². The van der Waals surface area contributed by atoms with E-state index in [9.17, 15) is 18.0 Å². The van der Waals surface area contributed by atoms with E-state index in [-0.39, 0.29) is 16.2 Å². The zero-order chi connectivity index (χ0) is 22.2. The standard InChI is InChI=1S/C23H24N2O5S/c1-15-21(19-10-3-4-11-20(19)24-15)22(26)16(2)30-23(27)17-8-7-9-18(14-17)31(28,29)25-12-5-6-13-25/h3-4,7-11,14,16,24H,5-6,12-13H2,1-2H3/t16-/m0/s1. The van der Waals surface area contributed by atoms with Crippen LogP contribution in [0.5, 0.6) is 0 Å². The molecule has 3 aromatic rings. The second kappa shape index (κ2) is 8.28. The zero-order valence-corrected chi connectivity index (χ0v) is 18.2. The molecule has 1 fully saturated rings. The number of hydrogen-bond acceptors (Lipinski definition) is 5. The summed E-state index contributed by atoms with van der Waals surface area (Å²) in [4.78, 5) is 28.9. The maximum Gasteiger partial charge on any atom is 0.338 e. The fraction of sp³-hybridized carbons (Fsp3) is 0.304. The van der Waals surface area contributed by atoms with E-state index < -0.39 is 22.1 Å². The summed E-state index contributed by atoms with van der Waals surface area (Å²) in [7, 11) is -3.65. The van der Waals surface area contributed by atoms with E-state index in [0.29, 0.717) is 24.3 Å². The summed E-state index contributed by atoms with van der Waals surface area (Å²) < 4.78 is 32.4. The minimum atomic E-state index is -3.65. The van der Waals surface area contributed by atoms with Gasteiger partial charge in [-0.05, 0) is 51.0 Å². The third-order valence-corrected chi connectivity index (χ3v) is 7.46. The Bertz CT molecular complexity index is 1260. The third kappa shape index (κ3) is 4.00. The van der Waals surface area contributed by atoms with Crippen LogP contribution in [0.15, 0.2) is 53.4 Å². The van der Waals surface area contributed by atoms with Crippen LogP contribution in [-0.4, -0.2) is 48.7 Å². The molecule has 1 aliphatic heterocycles. The van der Waals surface area contributed by atoms with Crippen LogP contribution in [0.2, 0.25) is 0 Å². The van der Waals surface area contributed by atoms with Crippen molar-refractivity contribution in [1.29, 1.82) is 0 Å². The molecule has 0 saturated carbocycles. The predicted octanol–water partition coefficient (Wildman–Crippen LogP) is 3.69. The van der Waals surface area contributed by atoms with Gasteiger partial charge in [-0.1, -0.05) is 24.3 Å². The number of carbonyl (C=O) groups is 2. The van der Waals surface area contributed by atoms with Crippen LogP contribution in [-0.2, 0) is 14.8 Å². The minimum absolute atomic E-state index is 0.0512. The number of aromatic nitrogens is 1. The lowest BCUT2D eigenvalue weighted by atomic mass is 10.0. The predicted molar refractivity (Wildman–Crippen MR) is 117 cm³/mol. The first-order valence-corrected chi connectivity index (χ1v) is 11.7. The third-order valence-electron chi connectivity index (χ3n) is 5.57. The first-order chi connectivity index (χ1) is 14.8.